The Bertz CT molecular complexity index is 939. The van der Waals surface area contributed by atoms with E-state index in [1.807, 2.05) is 36.4 Å². The fourth-order valence-corrected chi connectivity index (χ4v) is 4.32. The van der Waals surface area contributed by atoms with E-state index in [1.54, 1.807) is 35.2 Å². The van der Waals surface area contributed by atoms with E-state index in [-0.39, 0.29) is 5.91 Å². The number of carbonyl (C=O) groups excluding carboxylic acids is 1. The van der Waals surface area contributed by atoms with E-state index in [1.165, 1.54) is 0 Å². The Labute approximate surface area is 155 Å². The van der Waals surface area contributed by atoms with Gasteiger partial charge in [0.2, 0.25) is 5.91 Å². The van der Waals surface area contributed by atoms with Gasteiger partial charge in [0.25, 0.3) is 0 Å². The third-order valence-corrected chi connectivity index (χ3v) is 5.51. The number of para-hydroxylation sites is 1. The fraction of sp³-hybridized carbons (Fsp3) is 0.238. The van der Waals surface area contributed by atoms with Crippen molar-refractivity contribution < 1.29 is 24.2 Å². The van der Waals surface area contributed by atoms with Crippen molar-refractivity contribution >= 4 is 17.6 Å². The third-order valence-electron chi connectivity index (χ3n) is 5.51. The van der Waals surface area contributed by atoms with Crippen LogP contribution in [0.4, 0.5) is 5.69 Å². The number of anilines is 1. The molecule has 2 bridgehead atoms. The van der Waals surface area contributed by atoms with E-state index in [4.69, 9.17) is 9.47 Å². The first-order valence-electron chi connectivity index (χ1n) is 8.82. The van der Waals surface area contributed by atoms with E-state index in [0.717, 1.165) is 5.75 Å². The number of benzene rings is 2. The Hall–Kier alpha value is -3.12. The molecule has 1 N–H and O–H groups in total. The number of carboxylic acids is 1. The second kappa shape index (κ2) is 5.69. The van der Waals surface area contributed by atoms with Crippen molar-refractivity contribution in [3.05, 3.63) is 66.7 Å². The highest BCUT2D eigenvalue weighted by Gasteiger charge is 2.67. The summed E-state index contributed by atoms with van der Waals surface area (Å²) in [5, 5.41) is 9.53. The summed E-state index contributed by atoms with van der Waals surface area (Å²) in [4.78, 5) is 26.2. The second-order valence-electron chi connectivity index (χ2n) is 7.07. The molecule has 2 saturated heterocycles. The van der Waals surface area contributed by atoms with Gasteiger partial charge in [-0.3, -0.25) is 9.59 Å². The number of aliphatic carboxylic acids is 1. The first-order valence-corrected chi connectivity index (χ1v) is 8.82. The van der Waals surface area contributed by atoms with Crippen LogP contribution in [-0.4, -0.2) is 35.2 Å². The van der Waals surface area contributed by atoms with Crippen LogP contribution in [-0.2, 0) is 14.3 Å². The maximum atomic E-state index is 13.0. The minimum absolute atomic E-state index is 0.203. The number of carboxylic acid groups (broad SMARTS) is 1. The maximum Gasteiger partial charge on any atom is 0.310 e. The normalized spacial score (nSPS) is 30.6. The van der Waals surface area contributed by atoms with Gasteiger partial charge in [0.15, 0.2) is 0 Å². The van der Waals surface area contributed by atoms with E-state index < -0.39 is 29.5 Å². The first-order chi connectivity index (χ1) is 13.1. The summed E-state index contributed by atoms with van der Waals surface area (Å²) in [5.74, 6) is -1.30. The molecule has 27 heavy (non-hydrogen) atoms. The summed E-state index contributed by atoms with van der Waals surface area (Å²) in [7, 11) is 0. The summed E-state index contributed by atoms with van der Waals surface area (Å²) in [6.45, 7) is 0.326. The number of hydrogen-bond acceptors (Lipinski definition) is 4. The van der Waals surface area contributed by atoms with Crippen LogP contribution < -0.4 is 9.64 Å². The Balaban J connectivity index is 1.39. The molecule has 3 aliphatic heterocycles. The predicted octanol–water partition coefficient (Wildman–Crippen LogP) is 2.85. The molecule has 5 rings (SSSR count). The van der Waals surface area contributed by atoms with Crippen molar-refractivity contribution in [3.63, 3.8) is 0 Å². The predicted molar refractivity (Wildman–Crippen MR) is 96.7 cm³/mol. The number of ether oxygens (including phenoxy) is 2. The highest BCUT2D eigenvalue weighted by Crippen LogP contribution is 2.52. The topological polar surface area (TPSA) is 76.1 Å². The van der Waals surface area contributed by atoms with Crippen LogP contribution in [0.25, 0.3) is 0 Å². The molecule has 3 heterocycles. The van der Waals surface area contributed by atoms with E-state index in [0.29, 0.717) is 18.0 Å². The molecular formula is C21H17NO5. The smallest absolute Gasteiger partial charge is 0.310 e. The average molecular weight is 363 g/mol. The van der Waals surface area contributed by atoms with Crippen LogP contribution in [0.3, 0.4) is 0 Å². The summed E-state index contributed by atoms with van der Waals surface area (Å²) < 4.78 is 11.7. The van der Waals surface area contributed by atoms with Gasteiger partial charge in [-0.05, 0) is 36.4 Å². The third kappa shape index (κ3) is 2.37. The van der Waals surface area contributed by atoms with Gasteiger partial charge in [-0.25, -0.2) is 0 Å². The Morgan fingerprint density at radius 2 is 1.81 bits per heavy atom. The maximum absolute atomic E-state index is 13.0. The summed E-state index contributed by atoms with van der Waals surface area (Å²) in [6.07, 6.45) is 3.11. The van der Waals surface area contributed by atoms with Crippen molar-refractivity contribution in [1.29, 1.82) is 0 Å². The second-order valence-corrected chi connectivity index (χ2v) is 7.07. The molecule has 6 nitrogen and oxygen atoms in total. The monoisotopic (exact) mass is 363 g/mol. The lowest BCUT2D eigenvalue weighted by Gasteiger charge is -2.21. The number of amides is 1. The Kier molecular flexibility index (Phi) is 3.39. The quantitative estimate of drug-likeness (QED) is 0.846. The Morgan fingerprint density at radius 1 is 1.11 bits per heavy atom. The van der Waals surface area contributed by atoms with Crippen LogP contribution in [0, 0.1) is 11.8 Å². The van der Waals surface area contributed by atoms with Crippen LogP contribution in [0.5, 0.6) is 11.5 Å². The van der Waals surface area contributed by atoms with E-state index in [2.05, 4.69) is 0 Å². The number of hydrogen-bond donors (Lipinski definition) is 1. The van der Waals surface area contributed by atoms with E-state index in [9.17, 15) is 14.7 Å². The minimum Gasteiger partial charge on any atom is -0.481 e. The lowest BCUT2D eigenvalue weighted by Crippen LogP contribution is -2.39. The van der Waals surface area contributed by atoms with Gasteiger partial charge < -0.3 is 19.5 Å². The number of nitrogens with zero attached hydrogens (tertiary/aromatic N) is 1. The number of carbonyl (C=O) groups is 2. The van der Waals surface area contributed by atoms with Crippen LogP contribution in [0.15, 0.2) is 66.7 Å². The molecule has 136 valence electrons. The highest BCUT2D eigenvalue weighted by atomic mass is 16.5. The van der Waals surface area contributed by atoms with Crippen molar-refractivity contribution in [2.45, 2.75) is 11.7 Å². The van der Waals surface area contributed by atoms with Gasteiger partial charge in [-0.1, -0.05) is 30.4 Å². The molecule has 0 unspecified atom stereocenters. The molecule has 2 aromatic carbocycles. The molecule has 4 atom stereocenters. The van der Waals surface area contributed by atoms with Gasteiger partial charge in [-0.15, -0.1) is 0 Å². The molecule has 2 fully saturated rings. The first kappa shape index (κ1) is 16.1. The fourth-order valence-electron chi connectivity index (χ4n) is 4.32. The zero-order chi connectivity index (χ0) is 18.6. The van der Waals surface area contributed by atoms with Crippen molar-refractivity contribution in [1.82, 2.24) is 0 Å². The van der Waals surface area contributed by atoms with Crippen LogP contribution in [0.2, 0.25) is 0 Å². The molecule has 3 aliphatic rings. The zero-order valence-electron chi connectivity index (χ0n) is 14.3. The summed E-state index contributed by atoms with van der Waals surface area (Å²) in [5.41, 5.74) is -0.127. The molecule has 2 aromatic rings. The molecule has 6 heteroatoms. The Morgan fingerprint density at radius 3 is 2.52 bits per heavy atom. The summed E-state index contributed by atoms with van der Waals surface area (Å²) in [6, 6.07) is 16.6. The zero-order valence-corrected chi connectivity index (χ0v) is 14.3. The summed E-state index contributed by atoms with van der Waals surface area (Å²) >= 11 is 0. The minimum atomic E-state index is -0.988. The number of fused-ring (bicyclic) bond motifs is 1. The standard InChI is InChI=1S/C21H17NO5/c23-19-18-17(20(24)25)16-10-11-21(18,27-16)12-22(19)13-6-8-15(9-7-13)26-14-4-2-1-3-5-14/h1-11,16-18H,12H2,(H,24,25)/t16-,17-,18+,21-/m1/s1. The molecule has 0 aromatic heterocycles. The van der Waals surface area contributed by atoms with E-state index >= 15 is 0 Å². The lowest BCUT2D eigenvalue weighted by atomic mass is 9.77. The van der Waals surface area contributed by atoms with Gasteiger partial charge in [-0.2, -0.15) is 0 Å². The molecule has 1 spiro atoms. The van der Waals surface area contributed by atoms with Gasteiger partial charge in [0.05, 0.1) is 18.6 Å². The lowest BCUT2D eigenvalue weighted by molar-refractivity contribution is -0.146. The molecule has 0 saturated carbocycles. The molecule has 1 amide bonds. The van der Waals surface area contributed by atoms with Crippen LogP contribution in [0.1, 0.15) is 0 Å². The molecule has 0 radical (unpaired) electrons. The van der Waals surface area contributed by atoms with Crippen molar-refractivity contribution in [3.8, 4) is 11.5 Å². The molecule has 0 aliphatic carbocycles. The SMILES string of the molecule is O=C(O)[C@H]1[C@H]2C(=O)N(c3ccc(Oc4ccccc4)cc3)C[C@]23C=C[C@H]1O3. The van der Waals surface area contributed by atoms with Gasteiger partial charge >= 0.3 is 5.97 Å². The number of rotatable bonds is 4. The van der Waals surface area contributed by atoms with Crippen molar-refractivity contribution in [2.75, 3.05) is 11.4 Å². The highest BCUT2D eigenvalue weighted by molar-refractivity contribution is 6.02. The largest absolute Gasteiger partial charge is 0.481 e. The van der Waals surface area contributed by atoms with Gasteiger partial charge in [0.1, 0.15) is 23.0 Å². The van der Waals surface area contributed by atoms with Gasteiger partial charge in [0, 0.05) is 5.69 Å². The average Bonchev–Trinajstić information content (AvgIpc) is 3.31. The van der Waals surface area contributed by atoms with Crippen molar-refractivity contribution in [2.24, 2.45) is 11.8 Å². The molecular weight excluding hydrogens is 346 g/mol. The van der Waals surface area contributed by atoms with Crippen LogP contribution >= 0.6 is 0 Å².